The number of carbonyl (C=O) groups is 1. The van der Waals surface area contributed by atoms with E-state index in [9.17, 15) is 9.18 Å². The molecule has 1 N–H and O–H groups in total. The highest BCUT2D eigenvalue weighted by Gasteiger charge is 2.37. The van der Waals surface area contributed by atoms with Crippen LogP contribution >= 0.6 is 0 Å². The summed E-state index contributed by atoms with van der Waals surface area (Å²) in [7, 11) is 1.56. The lowest BCUT2D eigenvalue weighted by Gasteiger charge is -2.37. The first-order valence-corrected chi connectivity index (χ1v) is 9.84. The molecule has 1 amide bonds. The number of nitrogens with zero attached hydrogens (tertiary/aromatic N) is 1. The lowest BCUT2D eigenvalue weighted by Crippen LogP contribution is -2.43. The maximum absolute atomic E-state index is 14.3. The number of methoxy groups -OCH3 is 1. The van der Waals surface area contributed by atoms with Gasteiger partial charge in [0.05, 0.1) is 23.9 Å². The first-order chi connectivity index (χ1) is 15.2. The molecule has 3 aromatic carbocycles. The second kappa shape index (κ2) is 7.65. The minimum absolute atomic E-state index is 0.187. The van der Waals surface area contributed by atoms with Crippen molar-refractivity contribution in [2.45, 2.75) is 6.17 Å². The summed E-state index contributed by atoms with van der Waals surface area (Å²) in [5, 5.41) is 3.39. The van der Waals surface area contributed by atoms with E-state index in [1.807, 2.05) is 36.4 Å². The lowest BCUT2D eigenvalue weighted by molar-refractivity contribution is 0.0971. The Hall–Kier alpha value is -4.06. The van der Waals surface area contributed by atoms with Gasteiger partial charge in [-0.3, -0.25) is 9.69 Å². The van der Waals surface area contributed by atoms with Crippen molar-refractivity contribution in [1.29, 1.82) is 0 Å². The molecule has 0 saturated heterocycles. The van der Waals surface area contributed by atoms with Gasteiger partial charge in [-0.25, -0.2) is 4.39 Å². The van der Waals surface area contributed by atoms with Crippen LogP contribution in [0.1, 0.15) is 22.3 Å². The topological polar surface area (TPSA) is 54.7 Å². The summed E-state index contributed by atoms with van der Waals surface area (Å²) in [6.07, 6.45) is -0.640. The molecule has 0 saturated carbocycles. The summed E-state index contributed by atoms with van der Waals surface area (Å²) in [5.41, 5.74) is 2.21. The van der Waals surface area contributed by atoms with Crippen LogP contribution in [0.2, 0.25) is 0 Å². The van der Waals surface area contributed by atoms with E-state index in [1.54, 1.807) is 54.5 Å². The van der Waals surface area contributed by atoms with E-state index in [2.05, 4.69) is 5.32 Å². The summed E-state index contributed by atoms with van der Waals surface area (Å²) in [5.74, 6) is 0.867. The number of rotatable bonds is 4. The van der Waals surface area contributed by atoms with Gasteiger partial charge in [0.2, 0.25) is 0 Å². The summed E-state index contributed by atoms with van der Waals surface area (Å²) in [6, 6.07) is 24.5. The third-order valence-electron chi connectivity index (χ3n) is 5.31. The smallest absolute Gasteiger partial charge is 0.262 e. The molecule has 2 heterocycles. The van der Waals surface area contributed by atoms with Crippen molar-refractivity contribution in [2.75, 3.05) is 17.3 Å². The van der Waals surface area contributed by atoms with Crippen molar-refractivity contribution in [3.63, 3.8) is 0 Å². The molecule has 154 valence electrons. The van der Waals surface area contributed by atoms with Gasteiger partial charge in [0.15, 0.2) is 6.17 Å². The van der Waals surface area contributed by atoms with Crippen LogP contribution in [0.3, 0.4) is 0 Å². The highest BCUT2D eigenvalue weighted by Crippen LogP contribution is 2.41. The number of fused-ring (bicyclic) bond motifs is 1. The van der Waals surface area contributed by atoms with Crippen molar-refractivity contribution in [3.8, 4) is 17.1 Å². The highest BCUT2D eigenvalue weighted by atomic mass is 19.1. The van der Waals surface area contributed by atoms with Gasteiger partial charge in [-0.1, -0.05) is 36.4 Å². The van der Waals surface area contributed by atoms with Crippen LogP contribution in [0, 0.1) is 5.82 Å². The monoisotopic (exact) mass is 414 g/mol. The zero-order valence-electron chi connectivity index (χ0n) is 16.7. The van der Waals surface area contributed by atoms with Crippen LogP contribution in [0.4, 0.5) is 15.8 Å². The molecule has 6 heteroatoms. The Labute approximate surface area is 178 Å². The third kappa shape index (κ3) is 3.22. The van der Waals surface area contributed by atoms with Gasteiger partial charge in [-0.05, 0) is 48.5 Å². The van der Waals surface area contributed by atoms with Gasteiger partial charge in [0, 0.05) is 5.69 Å². The normalized spacial score (nSPS) is 15.4. The Morgan fingerprint density at radius 1 is 0.903 bits per heavy atom. The average Bonchev–Trinajstić information content (AvgIpc) is 3.29. The van der Waals surface area contributed by atoms with Gasteiger partial charge >= 0.3 is 0 Å². The molecule has 5 nitrogen and oxygen atoms in total. The van der Waals surface area contributed by atoms with Crippen LogP contribution < -0.4 is 15.0 Å². The fourth-order valence-electron chi connectivity index (χ4n) is 3.84. The fourth-order valence-corrected chi connectivity index (χ4v) is 3.84. The van der Waals surface area contributed by atoms with E-state index < -0.39 is 6.17 Å². The molecule has 31 heavy (non-hydrogen) atoms. The predicted molar refractivity (Wildman–Crippen MR) is 117 cm³/mol. The first kappa shape index (κ1) is 18.9. The molecular formula is C25H19FN2O3. The van der Waals surface area contributed by atoms with Crippen molar-refractivity contribution in [1.82, 2.24) is 0 Å². The summed E-state index contributed by atoms with van der Waals surface area (Å²) < 4.78 is 25.8. The van der Waals surface area contributed by atoms with Gasteiger partial charge in [-0.15, -0.1) is 0 Å². The van der Waals surface area contributed by atoms with Crippen molar-refractivity contribution < 1.29 is 18.3 Å². The molecule has 1 aliphatic rings. The maximum atomic E-state index is 14.3. The average molecular weight is 414 g/mol. The van der Waals surface area contributed by atoms with Gasteiger partial charge in [0.25, 0.3) is 5.91 Å². The summed E-state index contributed by atoms with van der Waals surface area (Å²) in [6.45, 7) is 0. The predicted octanol–water partition coefficient (Wildman–Crippen LogP) is 5.87. The standard InChI is InChI=1S/C25H19FN2O3/c1-30-22-13-7-6-12-20(22)28-24(27-19-11-5-3-9-17(19)25(28)29)23-15-14-21(31-23)16-8-2-4-10-18(16)26/h2-15,24,27H,1H3/t24-/m0/s1. The Morgan fingerprint density at radius 2 is 1.61 bits per heavy atom. The van der Waals surface area contributed by atoms with E-state index in [0.717, 1.165) is 0 Å². The van der Waals surface area contributed by atoms with Crippen LogP contribution in [0.5, 0.6) is 5.75 Å². The number of amides is 1. The number of carbonyl (C=O) groups excluding carboxylic acids is 1. The van der Waals surface area contributed by atoms with Crippen molar-refractivity contribution >= 4 is 17.3 Å². The number of benzene rings is 3. The van der Waals surface area contributed by atoms with Crippen LogP contribution in [0.15, 0.2) is 89.3 Å². The molecule has 0 bridgehead atoms. The zero-order chi connectivity index (χ0) is 21.4. The number of halogens is 1. The summed E-state index contributed by atoms with van der Waals surface area (Å²) in [4.78, 5) is 15.1. The number of hydrogen-bond acceptors (Lipinski definition) is 4. The molecule has 0 spiro atoms. The van der Waals surface area contributed by atoms with Gasteiger partial charge < -0.3 is 14.5 Å². The molecule has 0 radical (unpaired) electrons. The molecule has 0 unspecified atom stereocenters. The molecule has 0 fully saturated rings. The minimum Gasteiger partial charge on any atom is -0.495 e. The van der Waals surface area contributed by atoms with Crippen LogP contribution in [-0.4, -0.2) is 13.0 Å². The van der Waals surface area contributed by atoms with Gasteiger partial charge in [-0.2, -0.15) is 0 Å². The van der Waals surface area contributed by atoms with E-state index in [4.69, 9.17) is 9.15 Å². The summed E-state index contributed by atoms with van der Waals surface area (Å²) >= 11 is 0. The Bertz CT molecular complexity index is 1270. The Morgan fingerprint density at radius 3 is 2.42 bits per heavy atom. The van der Waals surface area contributed by atoms with E-state index in [1.165, 1.54) is 6.07 Å². The van der Waals surface area contributed by atoms with E-state index in [-0.39, 0.29) is 11.7 Å². The number of nitrogens with one attached hydrogen (secondary N) is 1. The highest BCUT2D eigenvalue weighted by molar-refractivity contribution is 6.12. The molecule has 1 atom stereocenters. The molecule has 1 aromatic heterocycles. The lowest BCUT2D eigenvalue weighted by atomic mass is 10.1. The maximum Gasteiger partial charge on any atom is 0.262 e. The molecule has 0 aliphatic carbocycles. The van der Waals surface area contributed by atoms with E-state index in [0.29, 0.717) is 39.8 Å². The molecule has 5 rings (SSSR count). The van der Waals surface area contributed by atoms with Crippen LogP contribution in [-0.2, 0) is 0 Å². The minimum atomic E-state index is -0.640. The van der Waals surface area contributed by atoms with Crippen molar-refractivity contribution in [3.05, 3.63) is 102 Å². The number of ether oxygens (including phenoxy) is 1. The van der Waals surface area contributed by atoms with Crippen LogP contribution in [0.25, 0.3) is 11.3 Å². The SMILES string of the molecule is COc1ccccc1N1C(=O)c2ccccc2N[C@@H]1c1ccc(-c2ccccc2F)o1. The Balaban J connectivity index is 1.64. The number of para-hydroxylation sites is 3. The quantitative estimate of drug-likeness (QED) is 0.454. The number of anilines is 2. The zero-order valence-corrected chi connectivity index (χ0v) is 16.7. The van der Waals surface area contributed by atoms with Gasteiger partial charge in [0.1, 0.15) is 23.1 Å². The first-order valence-electron chi connectivity index (χ1n) is 9.84. The number of furan rings is 1. The second-order valence-corrected chi connectivity index (χ2v) is 7.12. The van der Waals surface area contributed by atoms with E-state index >= 15 is 0 Å². The molecule has 1 aliphatic heterocycles. The number of hydrogen-bond donors (Lipinski definition) is 1. The largest absolute Gasteiger partial charge is 0.495 e. The fraction of sp³-hybridized carbons (Fsp3) is 0.0800. The second-order valence-electron chi connectivity index (χ2n) is 7.12. The van der Waals surface area contributed by atoms with Crippen molar-refractivity contribution in [2.24, 2.45) is 0 Å². The third-order valence-corrected chi connectivity index (χ3v) is 5.31. The molecule has 4 aromatic rings. The molecular weight excluding hydrogens is 395 g/mol. The Kier molecular flexibility index (Phi) is 4.67.